The van der Waals surface area contributed by atoms with E-state index in [9.17, 15) is 4.79 Å². The van der Waals surface area contributed by atoms with Crippen LogP contribution in [0.2, 0.25) is 5.02 Å². The number of amides is 2. The van der Waals surface area contributed by atoms with Gasteiger partial charge in [0.1, 0.15) is 0 Å². The lowest BCUT2D eigenvalue weighted by atomic mass is 10.2. The largest absolute Gasteiger partial charge is 0.376 e. The number of hydrogen-bond donors (Lipinski definition) is 1. The van der Waals surface area contributed by atoms with Gasteiger partial charge in [0, 0.05) is 57.1 Å². The number of benzene rings is 1. The summed E-state index contributed by atoms with van der Waals surface area (Å²) in [6, 6.07) is 7.42. The zero-order valence-corrected chi connectivity index (χ0v) is 16.0. The van der Waals surface area contributed by atoms with Crippen LogP contribution in [0.4, 0.5) is 22.0 Å². The zero-order chi connectivity index (χ0) is 18.7. The number of halogens is 1. The van der Waals surface area contributed by atoms with E-state index in [1.54, 1.807) is 17.2 Å². The van der Waals surface area contributed by atoms with Crippen LogP contribution in [0.5, 0.6) is 0 Å². The summed E-state index contributed by atoms with van der Waals surface area (Å²) >= 11 is 6.12. The molecule has 1 N–H and O–H groups in total. The summed E-state index contributed by atoms with van der Waals surface area (Å²) < 4.78 is 0. The minimum atomic E-state index is -0.113. The second-order valence-electron chi connectivity index (χ2n) is 6.53. The molecule has 8 heteroatoms. The van der Waals surface area contributed by atoms with Gasteiger partial charge in [0.05, 0.1) is 11.9 Å². The third-order valence-corrected chi connectivity index (χ3v) is 4.86. The lowest BCUT2D eigenvalue weighted by Gasteiger charge is -2.35. The normalized spacial score (nSPS) is 14.3. The standard InChI is InChI=1S/C18H23ClN6O/c1-13-4-5-14(10-16(13)19)21-18(26)25-8-6-24(7-9-25)17-11-15(23(2)3)12-20-22-17/h4-5,10-12H,6-9H2,1-3H3,(H,21,26). The van der Waals surface area contributed by atoms with E-state index in [1.165, 1.54) is 0 Å². The highest BCUT2D eigenvalue weighted by molar-refractivity contribution is 6.31. The molecule has 0 atom stereocenters. The second kappa shape index (κ2) is 7.78. The maximum absolute atomic E-state index is 12.5. The number of rotatable bonds is 3. The van der Waals surface area contributed by atoms with Gasteiger partial charge in [-0.05, 0) is 24.6 Å². The first kappa shape index (κ1) is 18.3. The molecule has 1 aromatic carbocycles. The average Bonchev–Trinajstić information content (AvgIpc) is 2.65. The van der Waals surface area contributed by atoms with Gasteiger partial charge in [0.15, 0.2) is 5.82 Å². The summed E-state index contributed by atoms with van der Waals surface area (Å²) in [5.41, 5.74) is 2.70. The molecule has 26 heavy (non-hydrogen) atoms. The summed E-state index contributed by atoms with van der Waals surface area (Å²) in [5, 5.41) is 11.8. The van der Waals surface area contributed by atoms with Gasteiger partial charge in [0.2, 0.25) is 0 Å². The van der Waals surface area contributed by atoms with Gasteiger partial charge < -0.3 is 20.0 Å². The fraction of sp³-hybridized carbons (Fsp3) is 0.389. The topological polar surface area (TPSA) is 64.6 Å². The van der Waals surface area contributed by atoms with E-state index in [0.29, 0.717) is 36.9 Å². The van der Waals surface area contributed by atoms with Crippen molar-refractivity contribution >= 4 is 34.8 Å². The zero-order valence-electron chi connectivity index (χ0n) is 15.2. The van der Waals surface area contributed by atoms with Crippen molar-refractivity contribution in [2.45, 2.75) is 6.92 Å². The summed E-state index contributed by atoms with van der Waals surface area (Å²) in [6.07, 6.45) is 1.74. The van der Waals surface area contributed by atoms with Crippen LogP contribution < -0.4 is 15.1 Å². The molecular formula is C18H23ClN6O. The lowest BCUT2D eigenvalue weighted by Crippen LogP contribution is -2.50. The molecule has 3 rings (SSSR count). The Kier molecular flexibility index (Phi) is 5.46. The van der Waals surface area contributed by atoms with Gasteiger partial charge in [-0.25, -0.2) is 4.79 Å². The first-order valence-electron chi connectivity index (χ1n) is 8.51. The Morgan fingerprint density at radius 1 is 1.19 bits per heavy atom. The fourth-order valence-electron chi connectivity index (χ4n) is 2.76. The van der Waals surface area contributed by atoms with Crippen molar-refractivity contribution in [2.24, 2.45) is 0 Å². The Balaban J connectivity index is 1.58. The molecule has 0 bridgehead atoms. The molecule has 0 radical (unpaired) electrons. The summed E-state index contributed by atoms with van der Waals surface area (Å²) in [6.45, 7) is 4.61. The molecule has 7 nitrogen and oxygen atoms in total. The minimum Gasteiger partial charge on any atom is -0.376 e. The van der Waals surface area contributed by atoms with E-state index in [1.807, 2.05) is 44.1 Å². The van der Waals surface area contributed by atoms with Crippen LogP contribution in [0.15, 0.2) is 30.5 Å². The van der Waals surface area contributed by atoms with E-state index in [4.69, 9.17) is 11.6 Å². The van der Waals surface area contributed by atoms with E-state index >= 15 is 0 Å². The molecule has 1 fully saturated rings. The number of nitrogens with zero attached hydrogens (tertiary/aromatic N) is 5. The summed E-state index contributed by atoms with van der Waals surface area (Å²) in [5.74, 6) is 0.835. The Bertz CT molecular complexity index is 789. The van der Waals surface area contributed by atoms with E-state index in [2.05, 4.69) is 20.4 Å². The summed E-state index contributed by atoms with van der Waals surface area (Å²) in [4.78, 5) is 18.4. The number of anilines is 3. The smallest absolute Gasteiger partial charge is 0.321 e. The molecule has 0 saturated carbocycles. The number of piperazine rings is 1. The Hall–Kier alpha value is -2.54. The number of aryl methyl sites for hydroxylation is 1. The van der Waals surface area contributed by atoms with E-state index in [-0.39, 0.29) is 6.03 Å². The predicted molar refractivity (Wildman–Crippen MR) is 105 cm³/mol. The highest BCUT2D eigenvalue weighted by Gasteiger charge is 2.22. The van der Waals surface area contributed by atoms with Crippen molar-refractivity contribution in [3.05, 3.63) is 41.0 Å². The molecule has 138 valence electrons. The van der Waals surface area contributed by atoms with Crippen molar-refractivity contribution < 1.29 is 4.79 Å². The van der Waals surface area contributed by atoms with Gasteiger partial charge in [-0.3, -0.25) is 0 Å². The van der Waals surface area contributed by atoms with Gasteiger partial charge >= 0.3 is 6.03 Å². The van der Waals surface area contributed by atoms with Gasteiger partial charge in [-0.2, -0.15) is 5.10 Å². The van der Waals surface area contributed by atoms with Crippen LogP contribution in [0.1, 0.15) is 5.56 Å². The van der Waals surface area contributed by atoms with Crippen molar-refractivity contribution in [1.29, 1.82) is 0 Å². The molecule has 2 heterocycles. The van der Waals surface area contributed by atoms with Crippen LogP contribution in [-0.2, 0) is 0 Å². The molecule has 0 unspecified atom stereocenters. The SMILES string of the molecule is Cc1ccc(NC(=O)N2CCN(c3cc(N(C)C)cnn3)CC2)cc1Cl. The highest BCUT2D eigenvalue weighted by atomic mass is 35.5. The van der Waals surface area contributed by atoms with Crippen LogP contribution >= 0.6 is 11.6 Å². The molecular weight excluding hydrogens is 352 g/mol. The fourth-order valence-corrected chi connectivity index (χ4v) is 2.94. The van der Waals surface area contributed by atoms with Crippen molar-refractivity contribution in [1.82, 2.24) is 15.1 Å². The highest BCUT2D eigenvalue weighted by Crippen LogP contribution is 2.21. The maximum atomic E-state index is 12.5. The molecule has 2 aromatic rings. The molecule has 1 aromatic heterocycles. The van der Waals surface area contributed by atoms with Crippen LogP contribution in [-0.4, -0.2) is 61.4 Å². The van der Waals surface area contributed by atoms with Crippen molar-refractivity contribution in [2.75, 3.05) is 55.4 Å². The van der Waals surface area contributed by atoms with Gasteiger partial charge in [-0.15, -0.1) is 5.10 Å². The number of hydrogen-bond acceptors (Lipinski definition) is 5. The maximum Gasteiger partial charge on any atom is 0.321 e. The number of carbonyl (C=O) groups excluding carboxylic acids is 1. The van der Waals surface area contributed by atoms with Gasteiger partial charge in [0.25, 0.3) is 0 Å². The number of urea groups is 1. The van der Waals surface area contributed by atoms with Crippen LogP contribution in [0.3, 0.4) is 0 Å². The Morgan fingerprint density at radius 2 is 1.92 bits per heavy atom. The second-order valence-corrected chi connectivity index (χ2v) is 6.94. The number of carbonyl (C=O) groups is 1. The molecule has 1 saturated heterocycles. The van der Waals surface area contributed by atoms with Crippen molar-refractivity contribution in [3.63, 3.8) is 0 Å². The number of nitrogens with one attached hydrogen (secondary N) is 1. The van der Waals surface area contributed by atoms with E-state index in [0.717, 1.165) is 17.1 Å². The predicted octanol–water partition coefficient (Wildman–Crippen LogP) is 2.86. The molecule has 1 aliphatic rings. The third-order valence-electron chi connectivity index (χ3n) is 4.46. The Labute approximate surface area is 158 Å². The molecule has 2 amide bonds. The quantitative estimate of drug-likeness (QED) is 0.894. The molecule has 0 spiro atoms. The number of aromatic nitrogens is 2. The average molecular weight is 375 g/mol. The first-order chi connectivity index (χ1) is 12.4. The van der Waals surface area contributed by atoms with Gasteiger partial charge in [-0.1, -0.05) is 17.7 Å². The van der Waals surface area contributed by atoms with Crippen LogP contribution in [0, 0.1) is 6.92 Å². The molecule has 1 aliphatic heterocycles. The summed E-state index contributed by atoms with van der Waals surface area (Å²) in [7, 11) is 3.95. The first-order valence-corrected chi connectivity index (χ1v) is 8.89. The monoisotopic (exact) mass is 374 g/mol. The lowest BCUT2D eigenvalue weighted by molar-refractivity contribution is 0.208. The Morgan fingerprint density at radius 3 is 2.58 bits per heavy atom. The molecule has 0 aliphatic carbocycles. The van der Waals surface area contributed by atoms with Crippen molar-refractivity contribution in [3.8, 4) is 0 Å². The van der Waals surface area contributed by atoms with E-state index < -0.39 is 0 Å². The van der Waals surface area contributed by atoms with Crippen LogP contribution in [0.25, 0.3) is 0 Å². The third kappa shape index (κ3) is 4.16. The minimum absolute atomic E-state index is 0.113.